The summed E-state index contributed by atoms with van der Waals surface area (Å²) in [4.78, 5) is 12.1. The molecule has 3 nitrogen and oxygen atoms in total. The van der Waals surface area contributed by atoms with Crippen LogP contribution in [0.2, 0.25) is 10.0 Å². The number of nitriles is 1. The molecule has 0 fully saturated rings. The molecule has 5 heteroatoms. The summed E-state index contributed by atoms with van der Waals surface area (Å²) in [7, 11) is 0. The van der Waals surface area contributed by atoms with E-state index in [1.165, 1.54) is 12.1 Å². The summed E-state index contributed by atoms with van der Waals surface area (Å²) < 4.78 is 0. The predicted octanol–water partition coefficient (Wildman–Crippen LogP) is 4.85. The van der Waals surface area contributed by atoms with E-state index < -0.39 is 5.91 Å². The van der Waals surface area contributed by atoms with Crippen molar-refractivity contribution in [2.24, 2.45) is 0 Å². The van der Waals surface area contributed by atoms with Gasteiger partial charge in [-0.05, 0) is 36.8 Å². The molecule has 2 aromatic rings. The lowest BCUT2D eigenvalue weighted by Gasteiger charge is -2.05. The van der Waals surface area contributed by atoms with Crippen LogP contribution in [0, 0.1) is 18.3 Å². The molecule has 0 aliphatic carbocycles. The Hall–Kier alpha value is -2.28. The third-order valence-electron chi connectivity index (χ3n) is 2.93. The van der Waals surface area contributed by atoms with Crippen LogP contribution in [0.15, 0.2) is 48.0 Å². The van der Waals surface area contributed by atoms with Crippen LogP contribution in [0.3, 0.4) is 0 Å². The van der Waals surface area contributed by atoms with Gasteiger partial charge in [0.1, 0.15) is 11.6 Å². The molecule has 0 bridgehead atoms. The number of carbonyl (C=O) groups is 1. The Bertz CT molecular complexity index is 774. The van der Waals surface area contributed by atoms with Gasteiger partial charge in [-0.2, -0.15) is 5.26 Å². The highest BCUT2D eigenvalue weighted by atomic mass is 35.5. The zero-order valence-electron chi connectivity index (χ0n) is 11.7. The number of amides is 1. The van der Waals surface area contributed by atoms with Crippen molar-refractivity contribution in [3.63, 3.8) is 0 Å². The second kappa shape index (κ2) is 7.13. The summed E-state index contributed by atoms with van der Waals surface area (Å²) in [6.07, 6.45) is 1.53. The molecule has 1 N–H and O–H groups in total. The van der Waals surface area contributed by atoms with E-state index in [4.69, 9.17) is 28.5 Å². The highest BCUT2D eigenvalue weighted by Crippen LogP contribution is 2.25. The van der Waals surface area contributed by atoms with Gasteiger partial charge in [-0.15, -0.1) is 0 Å². The summed E-state index contributed by atoms with van der Waals surface area (Å²) in [5, 5.41) is 12.5. The van der Waals surface area contributed by atoms with Crippen LogP contribution in [-0.4, -0.2) is 5.91 Å². The van der Waals surface area contributed by atoms with Crippen LogP contribution in [0.4, 0.5) is 5.69 Å². The smallest absolute Gasteiger partial charge is 0.266 e. The van der Waals surface area contributed by atoms with Crippen LogP contribution in [0.5, 0.6) is 0 Å². The van der Waals surface area contributed by atoms with Crippen molar-refractivity contribution in [1.29, 1.82) is 5.26 Å². The number of hydrogen-bond acceptors (Lipinski definition) is 2. The molecule has 22 heavy (non-hydrogen) atoms. The predicted molar refractivity (Wildman–Crippen MR) is 89.9 cm³/mol. The number of rotatable bonds is 3. The van der Waals surface area contributed by atoms with Gasteiger partial charge in [0.15, 0.2) is 0 Å². The maximum Gasteiger partial charge on any atom is 0.266 e. The number of nitrogens with one attached hydrogen (secondary N) is 1. The molecule has 0 radical (unpaired) electrons. The second-order valence-corrected chi connectivity index (χ2v) is 5.48. The van der Waals surface area contributed by atoms with Crippen molar-refractivity contribution < 1.29 is 4.79 Å². The fourth-order valence-corrected chi connectivity index (χ4v) is 2.05. The van der Waals surface area contributed by atoms with Gasteiger partial charge in [0, 0.05) is 5.69 Å². The molecule has 0 aliphatic heterocycles. The van der Waals surface area contributed by atoms with E-state index in [0.717, 1.165) is 11.1 Å². The number of anilines is 1. The summed E-state index contributed by atoms with van der Waals surface area (Å²) >= 11 is 11.7. The zero-order valence-corrected chi connectivity index (χ0v) is 13.2. The van der Waals surface area contributed by atoms with E-state index >= 15 is 0 Å². The molecular formula is C17H12Cl2N2O. The zero-order chi connectivity index (χ0) is 16.1. The molecule has 110 valence electrons. The number of aryl methyl sites for hydroxylation is 1. The van der Waals surface area contributed by atoms with Crippen molar-refractivity contribution in [2.75, 3.05) is 5.32 Å². The first-order chi connectivity index (χ1) is 10.5. The van der Waals surface area contributed by atoms with E-state index in [1.807, 2.05) is 37.3 Å². The van der Waals surface area contributed by atoms with Gasteiger partial charge in [0.25, 0.3) is 5.91 Å². The monoisotopic (exact) mass is 330 g/mol. The third-order valence-corrected chi connectivity index (χ3v) is 3.67. The molecule has 0 saturated carbocycles. The fraction of sp³-hybridized carbons (Fsp3) is 0.0588. The molecule has 0 saturated heterocycles. The Balaban J connectivity index is 2.20. The first-order valence-corrected chi connectivity index (χ1v) is 7.20. The van der Waals surface area contributed by atoms with E-state index in [1.54, 1.807) is 12.1 Å². The van der Waals surface area contributed by atoms with Crippen molar-refractivity contribution in [3.8, 4) is 6.07 Å². The minimum Gasteiger partial charge on any atom is -0.321 e. The SMILES string of the molecule is Cc1ccc(/C=C(/C#N)C(=O)Nc2ccc(Cl)c(Cl)c2)cc1. The topological polar surface area (TPSA) is 52.9 Å². The van der Waals surface area contributed by atoms with Gasteiger partial charge < -0.3 is 5.32 Å². The first kappa shape index (κ1) is 16.1. The van der Waals surface area contributed by atoms with Gasteiger partial charge >= 0.3 is 0 Å². The van der Waals surface area contributed by atoms with Gasteiger partial charge in [0.05, 0.1) is 10.0 Å². The molecular weight excluding hydrogens is 319 g/mol. The lowest BCUT2D eigenvalue weighted by molar-refractivity contribution is -0.112. The number of carbonyl (C=O) groups excluding carboxylic acids is 1. The highest BCUT2D eigenvalue weighted by molar-refractivity contribution is 6.42. The molecule has 0 unspecified atom stereocenters. The minimum absolute atomic E-state index is 0.00919. The standard InChI is InChI=1S/C17H12Cl2N2O/c1-11-2-4-12(5-3-11)8-13(10-20)17(22)21-14-6-7-15(18)16(19)9-14/h2-9H,1H3,(H,21,22)/b13-8-. The van der Waals surface area contributed by atoms with Crippen molar-refractivity contribution in [1.82, 2.24) is 0 Å². The summed E-state index contributed by atoms with van der Waals surface area (Å²) in [6, 6.07) is 14.1. The molecule has 0 atom stereocenters. The molecule has 0 heterocycles. The van der Waals surface area contributed by atoms with Crippen molar-refractivity contribution in [3.05, 3.63) is 69.2 Å². The van der Waals surface area contributed by atoms with E-state index in [2.05, 4.69) is 5.32 Å². The average molecular weight is 331 g/mol. The Morgan fingerprint density at radius 1 is 1.14 bits per heavy atom. The number of halogens is 2. The lowest BCUT2D eigenvalue weighted by Crippen LogP contribution is -2.13. The Morgan fingerprint density at radius 2 is 1.82 bits per heavy atom. The normalized spacial score (nSPS) is 10.9. The highest BCUT2D eigenvalue weighted by Gasteiger charge is 2.10. The van der Waals surface area contributed by atoms with Crippen molar-refractivity contribution >= 4 is 40.9 Å². The molecule has 1 amide bonds. The molecule has 2 aromatic carbocycles. The molecule has 0 aromatic heterocycles. The third kappa shape index (κ3) is 4.11. The molecule has 0 aliphatic rings. The number of nitrogens with zero attached hydrogens (tertiary/aromatic N) is 1. The number of hydrogen-bond donors (Lipinski definition) is 1. The molecule has 0 spiro atoms. The van der Waals surface area contributed by atoms with Crippen LogP contribution in [0.25, 0.3) is 6.08 Å². The molecule has 2 rings (SSSR count). The van der Waals surface area contributed by atoms with Gasteiger partial charge in [-0.1, -0.05) is 53.0 Å². The lowest BCUT2D eigenvalue weighted by atomic mass is 10.1. The van der Waals surface area contributed by atoms with Crippen LogP contribution < -0.4 is 5.32 Å². The Kier molecular flexibility index (Phi) is 5.21. The van der Waals surface area contributed by atoms with Gasteiger partial charge in [0.2, 0.25) is 0 Å². The van der Waals surface area contributed by atoms with Crippen LogP contribution >= 0.6 is 23.2 Å². The maximum atomic E-state index is 12.1. The van der Waals surface area contributed by atoms with E-state index in [0.29, 0.717) is 15.7 Å². The summed E-state index contributed by atoms with van der Waals surface area (Å²) in [6.45, 7) is 1.97. The number of benzene rings is 2. The fourth-order valence-electron chi connectivity index (χ4n) is 1.75. The van der Waals surface area contributed by atoms with Crippen molar-refractivity contribution in [2.45, 2.75) is 6.92 Å². The minimum atomic E-state index is -0.499. The van der Waals surface area contributed by atoms with Crippen LogP contribution in [0.1, 0.15) is 11.1 Å². The first-order valence-electron chi connectivity index (χ1n) is 6.44. The Morgan fingerprint density at radius 3 is 2.41 bits per heavy atom. The summed E-state index contributed by atoms with van der Waals surface area (Å²) in [5.41, 5.74) is 2.38. The van der Waals surface area contributed by atoms with Crippen LogP contribution in [-0.2, 0) is 4.79 Å². The van der Waals surface area contributed by atoms with Gasteiger partial charge in [-0.3, -0.25) is 4.79 Å². The largest absolute Gasteiger partial charge is 0.321 e. The van der Waals surface area contributed by atoms with E-state index in [9.17, 15) is 4.79 Å². The summed E-state index contributed by atoms with van der Waals surface area (Å²) in [5.74, 6) is -0.499. The average Bonchev–Trinajstić information content (AvgIpc) is 2.50. The quantitative estimate of drug-likeness (QED) is 0.646. The second-order valence-electron chi connectivity index (χ2n) is 4.66. The van der Waals surface area contributed by atoms with E-state index in [-0.39, 0.29) is 5.57 Å². The maximum absolute atomic E-state index is 12.1. The Labute approximate surface area is 138 Å². The van der Waals surface area contributed by atoms with Gasteiger partial charge in [-0.25, -0.2) is 0 Å².